The third-order valence-corrected chi connectivity index (χ3v) is 6.67. The molecule has 0 spiro atoms. The molecule has 1 aliphatic rings. The Balaban J connectivity index is 1.88. The second-order valence-corrected chi connectivity index (χ2v) is 9.82. The Bertz CT molecular complexity index is 1670. The third-order valence-electron chi connectivity index (χ3n) is 6.67. The van der Waals surface area contributed by atoms with Gasteiger partial charge < -0.3 is 42.9 Å². The fourth-order valence-corrected chi connectivity index (χ4v) is 5.06. The van der Waals surface area contributed by atoms with Gasteiger partial charge >= 0.3 is 23.5 Å². The number of hydrogen-bond donors (Lipinski definition) is 1. The molecule has 17 nitrogen and oxygen atoms in total. The van der Waals surface area contributed by atoms with E-state index in [-0.39, 0.29) is 34.1 Å². The van der Waals surface area contributed by atoms with Crippen molar-refractivity contribution in [3.8, 4) is 28.5 Å². The first-order valence-electron chi connectivity index (χ1n) is 13.5. The molecule has 0 bridgehead atoms. The summed E-state index contributed by atoms with van der Waals surface area (Å²) in [6.45, 7) is 4.27. The van der Waals surface area contributed by atoms with Crippen molar-refractivity contribution in [2.45, 2.75) is 58.3 Å². The van der Waals surface area contributed by atoms with Crippen molar-refractivity contribution in [3.63, 3.8) is 0 Å². The summed E-state index contributed by atoms with van der Waals surface area (Å²) in [4.78, 5) is 60.8. The van der Waals surface area contributed by atoms with Gasteiger partial charge in [-0.15, -0.1) is 5.10 Å². The lowest BCUT2D eigenvalue weighted by Crippen LogP contribution is -2.64. The number of nitrogens with one attached hydrogen (secondary N) is 1. The molecule has 1 fully saturated rings. The van der Waals surface area contributed by atoms with Gasteiger partial charge in [-0.25, -0.2) is 9.48 Å². The lowest BCUT2D eigenvalue weighted by Gasteiger charge is -2.45. The van der Waals surface area contributed by atoms with Crippen molar-refractivity contribution in [1.82, 2.24) is 20.3 Å². The molecule has 3 heterocycles. The number of nitrogens with zero attached hydrogens (tertiary/aromatic N) is 3. The SMILES string of the molecule is COc1cc2oc(=O)cc(-c3cn([C@@H]4O[C@H](COC(C)=O)[C@@H](OC(C)=O)[C@H](OC(C)=O)[C@H]4NC(C)=O)nn3)c2c(OC)c1OC. The number of fused-ring (bicyclic) bond motifs is 1. The Kier molecular flexibility index (Phi) is 9.91. The molecule has 0 radical (unpaired) electrons. The molecule has 1 aromatic carbocycles. The number of benzene rings is 1. The van der Waals surface area contributed by atoms with E-state index >= 15 is 0 Å². The molecule has 1 amide bonds. The van der Waals surface area contributed by atoms with Crippen LogP contribution >= 0.6 is 0 Å². The van der Waals surface area contributed by atoms with Gasteiger partial charge in [0.25, 0.3) is 0 Å². The van der Waals surface area contributed by atoms with E-state index in [1.54, 1.807) is 0 Å². The predicted molar refractivity (Wildman–Crippen MR) is 150 cm³/mol. The second kappa shape index (κ2) is 13.6. The Morgan fingerprint density at radius 1 is 0.911 bits per heavy atom. The molecule has 3 aromatic rings. The Morgan fingerprint density at radius 3 is 2.16 bits per heavy atom. The number of esters is 3. The van der Waals surface area contributed by atoms with Crippen LogP contribution in [0.4, 0.5) is 0 Å². The van der Waals surface area contributed by atoms with E-state index < -0.39 is 66.6 Å². The maximum atomic E-state index is 12.6. The first-order valence-corrected chi connectivity index (χ1v) is 13.5. The highest BCUT2D eigenvalue weighted by atomic mass is 16.6. The van der Waals surface area contributed by atoms with Gasteiger partial charge in [0.05, 0.1) is 32.9 Å². The fourth-order valence-electron chi connectivity index (χ4n) is 5.06. The average Bonchev–Trinajstić information content (AvgIpc) is 3.46. The molecule has 2 aromatic heterocycles. The van der Waals surface area contributed by atoms with Crippen LogP contribution in [0.5, 0.6) is 17.2 Å². The van der Waals surface area contributed by atoms with Crippen molar-refractivity contribution in [2.24, 2.45) is 0 Å². The van der Waals surface area contributed by atoms with Gasteiger partial charge in [0.2, 0.25) is 11.7 Å². The Labute approximate surface area is 255 Å². The first kappa shape index (κ1) is 32.7. The largest absolute Gasteiger partial charge is 0.493 e. The van der Waals surface area contributed by atoms with Crippen molar-refractivity contribution >= 4 is 34.8 Å². The summed E-state index contributed by atoms with van der Waals surface area (Å²) in [5.41, 5.74) is -0.228. The van der Waals surface area contributed by atoms with Crippen molar-refractivity contribution in [3.05, 3.63) is 28.7 Å². The van der Waals surface area contributed by atoms with Crippen LogP contribution < -0.4 is 25.2 Å². The number of ether oxygens (including phenoxy) is 7. The number of rotatable bonds is 10. The van der Waals surface area contributed by atoms with Gasteiger partial charge in [-0.1, -0.05) is 5.21 Å². The fraction of sp³-hybridized carbons (Fsp3) is 0.464. The van der Waals surface area contributed by atoms with Gasteiger partial charge in [-0.05, 0) is 0 Å². The van der Waals surface area contributed by atoms with Crippen LogP contribution in [-0.2, 0) is 38.1 Å². The molecule has 17 heteroatoms. The molecule has 0 saturated carbocycles. The van der Waals surface area contributed by atoms with E-state index in [0.29, 0.717) is 5.39 Å². The number of hydrogen-bond acceptors (Lipinski definition) is 15. The van der Waals surface area contributed by atoms with Crippen LogP contribution in [0.3, 0.4) is 0 Å². The molecule has 1 N–H and O–H groups in total. The highest BCUT2D eigenvalue weighted by Crippen LogP contribution is 2.46. The zero-order valence-electron chi connectivity index (χ0n) is 25.5. The van der Waals surface area contributed by atoms with Crippen LogP contribution in [0.1, 0.15) is 33.9 Å². The third kappa shape index (κ3) is 6.98. The summed E-state index contributed by atoms with van der Waals surface area (Å²) >= 11 is 0. The minimum absolute atomic E-state index is 0.104. The zero-order chi connectivity index (χ0) is 33.0. The van der Waals surface area contributed by atoms with Crippen molar-refractivity contribution in [2.75, 3.05) is 27.9 Å². The standard InChI is InChI=1S/C28H32N4O13/c1-12(33)29-23-27(43-15(4)36)25(42-14(3)35)20(11-41-13(2)34)45-28(23)32-10-17(30-31-32)16-8-21(37)44-18-9-19(38-5)24(39-6)26(40-7)22(16)18/h8-10,20,23,25,27-28H,11H2,1-7H3,(H,29,33)/t20-,23-,25-,27-,28-/m1/s1. The minimum Gasteiger partial charge on any atom is -0.493 e. The van der Waals surface area contributed by atoms with E-state index in [1.807, 2.05) is 0 Å². The van der Waals surface area contributed by atoms with Gasteiger partial charge in [-0.2, -0.15) is 0 Å². The first-order chi connectivity index (χ1) is 21.4. The summed E-state index contributed by atoms with van der Waals surface area (Å²) in [6, 6.07) is 1.46. The number of carbonyl (C=O) groups is 4. The minimum atomic E-state index is -1.32. The molecular formula is C28H32N4O13. The smallest absolute Gasteiger partial charge is 0.336 e. The van der Waals surface area contributed by atoms with E-state index in [9.17, 15) is 24.0 Å². The monoisotopic (exact) mass is 632 g/mol. The predicted octanol–water partition coefficient (Wildman–Crippen LogP) is 0.906. The lowest BCUT2D eigenvalue weighted by molar-refractivity contribution is -0.239. The van der Waals surface area contributed by atoms with Crippen molar-refractivity contribution in [1.29, 1.82) is 0 Å². The molecule has 0 unspecified atom stereocenters. The summed E-state index contributed by atoms with van der Waals surface area (Å²) < 4.78 is 45.4. The highest BCUT2D eigenvalue weighted by Gasteiger charge is 2.52. The van der Waals surface area contributed by atoms with Crippen LogP contribution in [0.25, 0.3) is 22.2 Å². The van der Waals surface area contributed by atoms with Crippen LogP contribution in [-0.4, -0.2) is 91.1 Å². The van der Waals surface area contributed by atoms with Gasteiger partial charge in [0.15, 0.2) is 29.9 Å². The maximum absolute atomic E-state index is 12.6. The number of carbonyl (C=O) groups excluding carboxylic acids is 4. The number of methoxy groups -OCH3 is 3. The number of amides is 1. The normalized spacial score (nSPS) is 21.0. The summed E-state index contributed by atoms with van der Waals surface area (Å²) in [7, 11) is 4.23. The Hall–Kier alpha value is -5.19. The molecule has 242 valence electrons. The molecule has 4 rings (SSSR count). The Morgan fingerprint density at radius 2 is 1.58 bits per heavy atom. The van der Waals surface area contributed by atoms with E-state index in [0.717, 1.165) is 13.8 Å². The van der Waals surface area contributed by atoms with Crippen LogP contribution in [0, 0.1) is 0 Å². The zero-order valence-corrected chi connectivity index (χ0v) is 25.5. The highest BCUT2D eigenvalue weighted by molar-refractivity contribution is 6.00. The van der Waals surface area contributed by atoms with Gasteiger partial charge in [-0.3, -0.25) is 19.2 Å². The van der Waals surface area contributed by atoms with E-state index in [4.69, 9.17) is 37.6 Å². The number of aromatic nitrogens is 3. The van der Waals surface area contributed by atoms with Crippen LogP contribution in [0.2, 0.25) is 0 Å². The second-order valence-electron chi connectivity index (χ2n) is 9.82. The van der Waals surface area contributed by atoms with Gasteiger partial charge in [0.1, 0.15) is 30.0 Å². The summed E-state index contributed by atoms with van der Waals surface area (Å²) in [6.07, 6.45) is -3.63. The van der Waals surface area contributed by atoms with Gasteiger partial charge in [0, 0.05) is 45.4 Å². The van der Waals surface area contributed by atoms with E-state index in [1.165, 1.54) is 58.2 Å². The molecule has 1 aliphatic heterocycles. The molecule has 0 aliphatic carbocycles. The summed E-state index contributed by atoms with van der Waals surface area (Å²) in [5.74, 6) is -2.02. The van der Waals surface area contributed by atoms with E-state index in [2.05, 4.69) is 15.6 Å². The summed E-state index contributed by atoms with van der Waals surface area (Å²) in [5, 5.41) is 11.4. The average molecular weight is 633 g/mol. The topological polar surface area (TPSA) is 206 Å². The molecule has 5 atom stereocenters. The maximum Gasteiger partial charge on any atom is 0.336 e. The lowest BCUT2D eigenvalue weighted by atomic mass is 9.95. The quantitative estimate of drug-likeness (QED) is 0.187. The molecule has 45 heavy (non-hydrogen) atoms. The van der Waals surface area contributed by atoms with Crippen molar-refractivity contribution < 1.29 is 56.8 Å². The molecular weight excluding hydrogens is 600 g/mol. The molecule has 1 saturated heterocycles. The van der Waals surface area contributed by atoms with Crippen LogP contribution in [0.15, 0.2) is 27.5 Å².